The molecule has 0 aliphatic heterocycles. The van der Waals surface area contributed by atoms with Crippen molar-refractivity contribution in [1.29, 1.82) is 5.26 Å². The number of nitrogens with one attached hydrogen (secondary N) is 1. The van der Waals surface area contributed by atoms with Crippen LogP contribution in [0.1, 0.15) is 6.92 Å². The minimum absolute atomic E-state index is 0.0644. The average molecular weight is 202 g/mol. The fourth-order valence-electron chi connectivity index (χ4n) is 0.595. The zero-order valence-electron chi connectivity index (χ0n) is 7.62. The highest BCUT2D eigenvalue weighted by Crippen LogP contribution is 2.06. The molecule has 0 aromatic carbocycles. The van der Waals surface area contributed by atoms with E-state index in [1.165, 1.54) is 11.8 Å². The molecule has 1 atom stereocenters. The van der Waals surface area contributed by atoms with Crippen molar-refractivity contribution >= 4 is 17.7 Å². The summed E-state index contributed by atoms with van der Waals surface area (Å²) in [6, 6.07) is 1.83. The molecular weight excluding hydrogens is 188 g/mol. The summed E-state index contributed by atoms with van der Waals surface area (Å²) in [4.78, 5) is 10.9. The van der Waals surface area contributed by atoms with Crippen molar-refractivity contribution in [3.63, 3.8) is 0 Å². The number of rotatable bonds is 6. The van der Waals surface area contributed by atoms with Crippen molar-refractivity contribution in [2.24, 2.45) is 5.92 Å². The molecule has 0 saturated heterocycles. The minimum Gasteiger partial charge on any atom is -0.396 e. The molecule has 0 bridgehead atoms. The van der Waals surface area contributed by atoms with E-state index in [1.807, 2.05) is 13.0 Å². The van der Waals surface area contributed by atoms with E-state index in [4.69, 9.17) is 10.4 Å². The van der Waals surface area contributed by atoms with Crippen LogP contribution in [0, 0.1) is 17.2 Å². The number of carbonyl (C=O) groups excluding carboxylic acids is 1. The van der Waals surface area contributed by atoms with Crippen LogP contribution in [0.15, 0.2) is 0 Å². The van der Waals surface area contributed by atoms with Crippen molar-refractivity contribution < 1.29 is 9.90 Å². The van der Waals surface area contributed by atoms with E-state index >= 15 is 0 Å². The van der Waals surface area contributed by atoms with Crippen molar-refractivity contribution in [1.82, 2.24) is 5.32 Å². The third kappa shape index (κ3) is 7.62. The Morgan fingerprint density at radius 3 is 3.00 bits per heavy atom. The number of hydrogen-bond acceptors (Lipinski definition) is 4. The van der Waals surface area contributed by atoms with Crippen molar-refractivity contribution in [2.45, 2.75) is 6.92 Å². The molecule has 4 nitrogen and oxygen atoms in total. The molecule has 0 aromatic rings. The van der Waals surface area contributed by atoms with Crippen molar-refractivity contribution in [3.8, 4) is 6.07 Å². The molecule has 1 amide bonds. The van der Waals surface area contributed by atoms with Crippen LogP contribution in [0.4, 0.5) is 0 Å². The second-order valence-electron chi connectivity index (χ2n) is 2.74. The van der Waals surface area contributed by atoms with Gasteiger partial charge in [-0.3, -0.25) is 4.79 Å². The topological polar surface area (TPSA) is 73.1 Å². The third-order valence-corrected chi connectivity index (χ3v) is 2.58. The predicted molar refractivity (Wildman–Crippen MR) is 52.2 cm³/mol. The van der Waals surface area contributed by atoms with Gasteiger partial charge in [-0.1, -0.05) is 6.92 Å². The van der Waals surface area contributed by atoms with Crippen LogP contribution in [0.5, 0.6) is 0 Å². The quantitative estimate of drug-likeness (QED) is 0.594. The number of hydrogen-bond donors (Lipinski definition) is 2. The van der Waals surface area contributed by atoms with E-state index in [0.29, 0.717) is 5.75 Å². The summed E-state index contributed by atoms with van der Waals surface area (Å²) >= 11 is 1.46. The van der Waals surface area contributed by atoms with E-state index in [0.717, 1.165) is 5.75 Å². The molecule has 0 saturated carbocycles. The first kappa shape index (κ1) is 12.3. The van der Waals surface area contributed by atoms with Gasteiger partial charge in [0.05, 0.1) is 11.8 Å². The standard InChI is InChI=1S/C8H14N2O2S/c1-7(4-11)5-13-6-8(12)10-3-2-9/h7,11H,3-6H2,1H3,(H,10,12). The minimum atomic E-state index is -0.128. The van der Waals surface area contributed by atoms with Crippen LogP contribution in [0.25, 0.3) is 0 Å². The van der Waals surface area contributed by atoms with Crippen LogP contribution in [-0.4, -0.2) is 35.7 Å². The number of aliphatic hydroxyl groups excluding tert-OH is 1. The first-order valence-electron chi connectivity index (χ1n) is 4.03. The van der Waals surface area contributed by atoms with Gasteiger partial charge in [0.15, 0.2) is 0 Å². The van der Waals surface area contributed by atoms with Crippen LogP contribution in [0.2, 0.25) is 0 Å². The lowest BCUT2D eigenvalue weighted by Gasteiger charge is -2.06. The molecule has 0 fully saturated rings. The summed E-state index contributed by atoms with van der Waals surface area (Å²) in [6.45, 7) is 2.13. The predicted octanol–water partition coefficient (Wildman–Crippen LogP) is -0.0122. The van der Waals surface area contributed by atoms with Crippen LogP contribution in [-0.2, 0) is 4.79 Å². The lowest BCUT2D eigenvalue weighted by molar-refractivity contribution is -0.118. The molecule has 0 radical (unpaired) electrons. The molecule has 13 heavy (non-hydrogen) atoms. The van der Waals surface area contributed by atoms with E-state index in [9.17, 15) is 4.79 Å². The largest absolute Gasteiger partial charge is 0.396 e. The number of nitrogens with zero attached hydrogens (tertiary/aromatic N) is 1. The van der Waals surface area contributed by atoms with Gasteiger partial charge in [0.2, 0.25) is 5.91 Å². The maximum absolute atomic E-state index is 10.9. The highest BCUT2D eigenvalue weighted by molar-refractivity contribution is 7.99. The number of aliphatic hydroxyl groups is 1. The van der Waals surface area contributed by atoms with Crippen LogP contribution < -0.4 is 5.32 Å². The monoisotopic (exact) mass is 202 g/mol. The van der Waals surface area contributed by atoms with E-state index < -0.39 is 0 Å². The first-order chi connectivity index (χ1) is 6.20. The van der Waals surface area contributed by atoms with Crippen molar-refractivity contribution in [2.75, 3.05) is 24.7 Å². The van der Waals surface area contributed by atoms with Gasteiger partial charge in [-0.15, -0.1) is 0 Å². The highest BCUT2D eigenvalue weighted by Gasteiger charge is 2.03. The third-order valence-electron chi connectivity index (χ3n) is 1.31. The molecule has 0 aromatic heterocycles. The van der Waals surface area contributed by atoms with Gasteiger partial charge in [-0.05, 0) is 11.7 Å². The Kier molecular flexibility index (Phi) is 7.45. The highest BCUT2D eigenvalue weighted by atomic mass is 32.2. The number of amides is 1. The Morgan fingerprint density at radius 1 is 1.77 bits per heavy atom. The van der Waals surface area contributed by atoms with Gasteiger partial charge in [-0.25, -0.2) is 0 Å². The SMILES string of the molecule is CC(CO)CSCC(=O)NCC#N. The molecule has 2 N–H and O–H groups in total. The first-order valence-corrected chi connectivity index (χ1v) is 5.18. The van der Waals surface area contributed by atoms with E-state index in [1.54, 1.807) is 0 Å². The number of carbonyl (C=O) groups is 1. The number of thioether (sulfide) groups is 1. The summed E-state index contributed by atoms with van der Waals surface area (Å²) in [6.07, 6.45) is 0. The Labute approximate surface area is 82.3 Å². The smallest absolute Gasteiger partial charge is 0.230 e. The van der Waals surface area contributed by atoms with Gasteiger partial charge in [-0.2, -0.15) is 17.0 Å². The summed E-state index contributed by atoms with van der Waals surface area (Å²) in [5.74, 6) is 1.20. The summed E-state index contributed by atoms with van der Waals surface area (Å²) < 4.78 is 0. The molecule has 0 heterocycles. The van der Waals surface area contributed by atoms with Gasteiger partial charge < -0.3 is 10.4 Å². The maximum Gasteiger partial charge on any atom is 0.230 e. The number of nitriles is 1. The molecule has 5 heteroatoms. The van der Waals surface area contributed by atoms with Gasteiger partial charge in [0.1, 0.15) is 6.54 Å². The summed E-state index contributed by atoms with van der Waals surface area (Å²) in [5.41, 5.74) is 0. The summed E-state index contributed by atoms with van der Waals surface area (Å²) in [7, 11) is 0. The van der Waals surface area contributed by atoms with Crippen LogP contribution >= 0.6 is 11.8 Å². The Balaban J connectivity index is 3.32. The van der Waals surface area contributed by atoms with Crippen molar-refractivity contribution in [3.05, 3.63) is 0 Å². The van der Waals surface area contributed by atoms with Crippen LogP contribution in [0.3, 0.4) is 0 Å². The van der Waals surface area contributed by atoms with E-state index in [2.05, 4.69) is 5.32 Å². The summed E-state index contributed by atoms with van der Waals surface area (Å²) in [5, 5.41) is 19.3. The normalized spacial score (nSPS) is 11.8. The molecule has 74 valence electrons. The Hall–Kier alpha value is -0.730. The fraction of sp³-hybridized carbons (Fsp3) is 0.750. The molecule has 0 rings (SSSR count). The second-order valence-corrected chi connectivity index (χ2v) is 3.77. The molecule has 0 spiro atoms. The second kappa shape index (κ2) is 7.90. The fourth-order valence-corrected chi connectivity index (χ4v) is 1.51. The zero-order chi connectivity index (χ0) is 10.1. The molecule has 0 aliphatic rings. The average Bonchev–Trinajstić information content (AvgIpc) is 2.14. The van der Waals surface area contributed by atoms with E-state index in [-0.39, 0.29) is 25.0 Å². The lowest BCUT2D eigenvalue weighted by atomic mass is 10.2. The lowest BCUT2D eigenvalue weighted by Crippen LogP contribution is -2.25. The van der Waals surface area contributed by atoms with Gasteiger partial charge in [0, 0.05) is 6.61 Å². The Bertz CT molecular complexity index is 191. The molecule has 0 aliphatic carbocycles. The van der Waals surface area contributed by atoms with Gasteiger partial charge >= 0.3 is 0 Å². The molecular formula is C8H14N2O2S. The van der Waals surface area contributed by atoms with Gasteiger partial charge in [0.25, 0.3) is 0 Å². The molecule has 1 unspecified atom stereocenters. The Morgan fingerprint density at radius 2 is 2.46 bits per heavy atom. The zero-order valence-corrected chi connectivity index (χ0v) is 8.43. The maximum atomic E-state index is 10.9.